The summed E-state index contributed by atoms with van der Waals surface area (Å²) < 4.78 is 0.947. The molecule has 1 aromatic rings. The lowest BCUT2D eigenvalue weighted by Gasteiger charge is -2.29. The quantitative estimate of drug-likeness (QED) is 0.735. The van der Waals surface area contributed by atoms with Crippen LogP contribution in [0.2, 0.25) is 0 Å². The normalized spacial score (nSPS) is 11.7. The maximum Gasteiger partial charge on any atom is 0.225 e. The molecule has 0 radical (unpaired) electrons. The molecular weight excluding hydrogens is 344 g/mol. The fraction of sp³-hybridized carbons (Fsp3) is 0.588. The fourth-order valence-corrected chi connectivity index (χ4v) is 2.68. The Hall–Kier alpha value is -0.910. The van der Waals surface area contributed by atoms with Gasteiger partial charge in [0.15, 0.2) is 0 Å². The number of amides is 1. The second-order valence-corrected chi connectivity index (χ2v) is 7.64. The topological polar surface area (TPSA) is 52.6 Å². The Kier molecular flexibility index (Phi) is 8.07. The van der Waals surface area contributed by atoms with Crippen LogP contribution in [0, 0.1) is 5.41 Å². The van der Waals surface area contributed by atoms with Gasteiger partial charge >= 0.3 is 0 Å². The summed E-state index contributed by atoms with van der Waals surface area (Å²) in [4.78, 5) is 14.3. The van der Waals surface area contributed by atoms with Gasteiger partial charge in [0.1, 0.15) is 0 Å². The van der Waals surface area contributed by atoms with E-state index in [-0.39, 0.29) is 17.9 Å². The molecule has 0 saturated carbocycles. The lowest BCUT2D eigenvalue weighted by molar-refractivity contribution is -0.116. The number of nitrogens with one attached hydrogen (secondary N) is 1. The van der Waals surface area contributed by atoms with Gasteiger partial charge in [-0.1, -0.05) is 42.8 Å². The van der Waals surface area contributed by atoms with Crippen LogP contribution in [-0.2, 0) is 4.79 Å². The average Bonchev–Trinajstić information content (AvgIpc) is 2.40. The minimum atomic E-state index is 0.0148. The van der Waals surface area contributed by atoms with Crippen LogP contribution in [0.4, 0.5) is 5.69 Å². The Morgan fingerprint density at radius 2 is 2.05 bits per heavy atom. The van der Waals surface area contributed by atoms with E-state index in [9.17, 15) is 4.79 Å². The summed E-state index contributed by atoms with van der Waals surface area (Å²) in [5.74, 6) is 0.0148. The molecule has 0 aromatic heterocycles. The van der Waals surface area contributed by atoms with Gasteiger partial charge in [-0.25, -0.2) is 0 Å². The minimum Gasteiger partial charge on any atom is -0.396 e. The van der Waals surface area contributed by atoms with Crippen molar-refractivity contribution in [3.63, 3.8) is 0 Å². The SMILES string of the molecule is CC(C)(C)CN(CCCO)CCC(=O)Nc1cccc(Br)c1. The van der Waals surface area contributed by atoms with Crippen molar-refractivity contribution < 1.29 is 9.90 Å². The lowest BCUT2D eigenvalue weighted by Crippen LogP contribution is -2.36. The molecule has 4 nitrogen and oxygen atoms in total. The maximum atomic E-state index is 12.1. The largest absolute Gasteiger partial charge is 0.396 e. The average molecular weight is 371 g/mol. The molecule has 0 unspecified atom stereocenters. The van der Waals surface area contributed by atoms with E-state index in [2.05, 4.69) is 46.9 Å². The Morgan fingerprint density at radius 1 is 1.32 bits per heavy atom. The summed E-state index contributed by atoms with van der Waals surface area (Å²) in [6, 6.07) is 7.58. The van der Waals surface area contributed by atoms with E-state index in [4.69, 9.17) is 5.11 Å². The van der Waals surface area contributed by atoms with Crippen molar-refractivity contribution in [2.45, 2.75) is 33.6 Å². The Morgan fingerprint density at radius 3 is 2.64 bits per heavy atom. The van der Waals surface area contributed by atoms with Gasteiger partial charge in [0.25, 0.3) is 0 Å². The molecule has 2 N–H and O–H groups in total. The Bertz CT molecular complexity index is 472. The smallest absolute Gasteiger partial charge is 0.225 e. The number of hydrogen-bond donors (Lipinski definition) is 2. The van der Waals surface area contributed by atoms with Crippen LogP contribution in [0.15, 0.2) is 28.7 Å². The molecule has 0 heterocycles. The molecule has 0 atom stereocenters. The first kappa shape index (κ1) is 19.1. The van der Waals surface area contributed by atoms with E-state index >= 15 is 0 Å². The summed E-state index contributed by atoms with van der Waals surface area (Å²) in [5.41, 5.74) is 0.980. The van der Waals surface area contributed by atoms with Crippen LogP contribution in [-0.4, -0.2) is 42.2 Å². The highest BCUT2D eigenvalue weighted by atomic mass is 79.9. The van der Waals surface area contributed by atoms with Gasteiger partial charge in [0, 0.05) is 42.8 Å². The fourth-order valence-electron chi connectivity index (χ4n) is 2.28. The van der Waals surface area contributed by atoms with Gasteiger partial charge in [-0.15, -0.1) is 0 Å². The van der Waals surface area contributed by atoms with Crippen LogP contribution in [0.1, 0.15) is 33.6 Å². The van der Waals surface area contributed by atoms with E-state index < -0.39 is 0 Å². The zero-order valence-corrected chi connectivity index (χ0v) is 15.3. The van der Waals surface area contributed by atoms with Crippen molar-refractivity contribution in [2.75, 3.05) is 31.6 Å². The molecule has 1 rings (SSSR count). The second-order valence-electron chi connectivity index (χ2n) is 6.72. The van der Waals surface area contributed by atoms with Crippen molar-refractivity contribution in [3.05, 3.63) is 28.7 Å². The molecule has 0 aliphatic rings. The van der Waals surface area contributed by atoms with Gasteiger partial charge in [-0.2, -0.15) is 0 Å². The third-order valence-corrected chi connectivity index (χ3v) is 3.59. The highest BCUT2D eigenvalue weighted by Crippen LogP contribution is 2.17. The number of hydrogen-bond acceptors (Lipinski definition) is 3. The van der Waals surface area contributed by atoms with Gasteiger partial charge in [-0.3, -0.25) is 4.79 Å². The van der Waals surface area contributed by atoms with Crippen LogP contribution < -0.4 is 5.32 Å². The van der Waals surface area contributed by atoms with Crippen molar-refractivity contribution in [3.8, 4) is 0 Å². The Labute approximate surface area is 142 Å². The zero-order valence-electron chi connectivity index (χ0n) is 13.7. The first-order valence-electron chi connectivity index (χ1n) is 7.69. The second kappa shape index (κ2) is 9.28. The lowest BCUT2D eigenvalue weighted by atomic mass is 9.96. The minimum absolute atomic E-state index is 0.0148. The third kappa shape index (κ3) is 8.51. The number of carbonyl (C=O) groups excluding carboxylic acids is 1. The third-order valence-electron chi connectivity index (χ3n) is 3.09. The summed E-state index contributed by atoms with van der Waals surface area (Å²) >= 11 is 3.39. The van der Waals surface area contributed by atoms with Gasteiger partial charge in [-0.05, 0) is 30.0 Å². The van der Waals surface area contributed by atoms with Crippen molar-refractivity contribution in [1.29, 1.82) is 0 Å². The number of aliphatic hydroxyl groups is 1. The molecule has 5 heteroatoms. The van der Waals surface area contributed by atoms with E-state index in [1.54, 1.807) is 0 Å². The maximum absolute atomic E-state index is 12.1. The molecule has 0 spiro atoms. The van der Waals surface area contributed by atoms with Crippen molar-refractivity contribution >= 4 is 27.5 Å². The Balaban J connectivity index is 2.47. The molecule has 0 aliphatic heterocycles. The summed E-state index contributed by atoms with van der Waals surface area (Å²) in [6.07, 6.45) is 1.19. The molecule has 0 bridgehead atoms. The molecule has 0 saturated heterocycles. The number of anilines is 1. The van der Waals surface area contributed by atoms with Gasteiger partial charge < -0.3 is 15.3 Å². The molecular formula is C17H27BrN2O2. The predicted molar refractivity (Wildman–Crippen MR) is 95.0 cm³/mol. The van der Waals surface area contributed by atoms with E-state index in [1.807, 2.05) is 24.3 Å². The molecule has 1 aromatic carbocycles. The molecule has 0 aliphatic carbocycles. The van der Waals surface area contributed by atoms with E-state index in [0.29, 0.717) is 13.0 Å². The van der Waals surface area contributed by atoms with Crippen molar-refractivity contribution in [2.24, 2.45) is 5.41 Å². The number of aliphatic hydroxyl groups excluding tert-OH is 1. The summed E-state index contributed by atoms with van der Waals surface area (Å²) in [5, 5.41) is 11.9. The molecule has 22 heavy (non-hydrogen) atoms. The zero-order chi connectivity index (χ0) is 16.6. The number of carbonyl (C=O) groups is 1. The number of rotatable bonds is 8. The highest BCUT2D eigenvalue weighted by molar-refractivity contribution is 9.10. The number of halogens is 1. The first-order valence-corrected chi connectivity index (χ1v) is 8.48. The molecule has 0 fully saturated rings. The number of benzene rings is 1. The van der Waals surface area contributed by atoms with Crippen molar-refractivity contribution in [1.82, 2.24) is 4.90 Å². The molecule has 124 valence electrons. The van der Waals surface area contributed by atoms with E-state index in [1.165, 1.54) is 0 Å². The number of nitrogens with zero attached hydrogens (tertiary/aromatic N) is 1. The van der Waals surface area contributed by atoms with Crippen LogP contribution in [0.5, 0.6) is 0 Å². The monoisotopic (exact) mass is 370 g/mol. The van der Waals surface area contributed by atoms with Crippen LogP contribution >= 0.6 is 15.9 Å². The van der Waals surface area contributed by atoms with Crippen LogP contribution in [0.3, 0.4) is 0 Å². The summed E-state index contributed by atoms with van der Waals surface area (Å²) in [6.45, 7) is 9.17. The van der Waals surface area contributed by atoms with Gasteiger partial charge in [0.2, 0.25) is 5.91 Å². The van der Waals surface area contributed by atoms with Crippen LogP contribution in [0.25, 0.3) is 0 Å². The highest BCUT2D eigenvalue weighted by Gasteiger charge is 2.17. The predicted octanol–water partition coefficient (Wildman–Crippen LogP) is 3.51. The molecule has 1 amide bonds. The van der Waals surface area contributed by atoms with E-state index in [0.717, 1.165) is 29.7 Å². The first-order chi connectivity index (χ1) is 10.3. The summed E-state index contributed by atoms with van der Waals surface area (Å²) in [7, 11) is 0. The van der Waals surface area contributed by atoms with Gasteiger partial charge in [0.05, 0.1) is 0 Å². The standard InChI is InChI=1S/C17H27BrN2O2/c1-17(2,3)13-20(9-5-11-21)10-8-16(22)19-15-7-4-6-14(18)12-15/h4,6-7,12,21H,5,8-11,13H2,1-3H3,(H,19,22).